The Morgan fingerprint density at radius 3 is 3.30 bits per heavy atom. The summed E-state index contributed by atoms with van der Waals surface area (Å²) in [6.07, 6.45) is 0.951. The molecule has 0 fully saturated rings. The Balaban J connectivity index is 2.95. The van der Waals surface area contributed by atoms with Gasteiger partial charge in [0.25, 0.3) is 0 Å². The number of nitrogens with two attached hydrogens (primary N) is 1. The number of thioether (sulfide) groups is 1. The van der Waals surface area contributed by atoms with E-state index in [1.54, 1.807) is 7.11 Å². The molecule has 0 spiro atoms. The van der Waals surface area contributed by atoms with E-state index in [0.717, 1.165) is 18.8 Å². The Hall–Kier alpha value is -0.220. The zero-order valence-electron chi connectivity index (χ0n) is 7.05. The minimum Gasteiger partial charge on any atom is -0.385 e. The minimum absolute atomic E-state index is 0.243. The van der Waals surface area contributed by atoms with Crippen LogP contribution in [0.4, 0.5) is 0 Å². The second-order valence-corrected chi connectivity index (χ2v) is 2.93. The molecule has 0 aromatic carbocycles. The van der Waals surface area contributed by atoms with Gasteiger partial charge in [0.2, 0.25) is 5.91 Å². The van der Waals surface area contributed by atoms with Gasteiger partial charge in [-0.3, -0.25) is 4.79 Å². The molecule has 0 aromatic rings. The quantitative estimate of drug-likeness (QED) is 0.572. The molecule has 3 nitrogen and oxygen atoms in total. The molecule has 0 rings (SSSR count). The van der Waals surface area contributed by atoms with E-state index in [1.807, 2.05) is 5.73 Å². The van der Waals surface area contributed by atoms with Crippen LogP contribution < -0.4 is 5.73 Å². The number of ether oxygens (including phenoxy) is 1. The first-order valence-electron chi connectivity index (χ1n) is 3.58. The second kappa shape index (κ2) is 6.89. The minimum atomic E-state index is -0.243. The van der Waals surface area contributed by atoms with Gasteiger partial charge in [-0.05, 0) is 12.2 Å². The second-order valence-electron chi connectivity index (χ2n) is 1.82. The highest BCUT2D eigenvalue weighted by Crippen LogP contribution is 2.00. The molecule has 0 aromatic heterocycles. The molecular formula is C6H13NO2S. The van der Waals surface area contributed by atoms with Gasteiger partial charge >= 0.3 is 0 Å². The summed E-state index contributed by atoms with van der Waals surface area (Å²) in [4.78, 5) is 10.5. The Kier molecular flexibility index (Phi) is 5.43. The van der Waals surface area contributed by atoms with Crippen molar-refractivity contribution in [3.05, 3.63) is 0 Å². The van der Waals surface area contributed by atoms with Gasteiger partial charge in [0.15, 0.2) is 1.41 Å². The molecule has 0 bridgehead atoms. The van der Waals surface area contributed by atoms with E-state index in [4.69, 9.17) is 6.15 Å². The van der Waals surface area contributed by atoms with Gasteiger partial charge in [-0.25, -0.2) is 0 Å². The van der Waals surface area contributed by atoms with Gasteiger partial charge in [-0.2, -0.15) is 11.8 Å². The monoisotopic (exact) mass is 164 g/mol. The summed E-state index contributed by atoms with van der Waals surface area (Å²) in [7, 11) is 1.65. The first kappa shape index (κ1) is 7.88. The van der Waals surface area contributed by atoms with E-state index in [1.165, 1.54) is 11.8 Å². The van der Waals surface area contributed by atoms with Crippen LogP contribution in [-0.4, -0.2) is 31.1 Å². The van der Waals surface area contributed by atoms with Crippen LogP contribution in [0.15, 0.2) is 0 Å². The molecule has 0 aliphatic heterocycles. The summed E-state index contributed by atoms with van der Waals surface area (Å²) in [6.45, 7) is 0.732. The lowest BCUT2D eigenvalue weighted by molar-refractivity contribution is -0.115. The van der Waals surface area contributed by atoms with E-state index in [0.29, 0.717) is 5.75 Å². The third kappa shape index (κ3) is 7.78. The van der Waals surface area contributed by atoms with E-state index >= 15 is 0 Å². The topological polar surface area (TPSA) is 52.3 Å². The highest BCUT2D eigenvalue weighted by atomic mass is 32.2. The van der Waals surface area contributed by atoms with Crippen molar-refractivity contribution in [3.63, 3.8) is 0 Å². The van der Waals surface area contributed by atoms with Gasteiger partial charge in [-0.1, -0.05) is 0 Å². The summed E-state index contributed by atoms with van der Waals surface area (Å²) in [5, 5.41) is 0. The van der Waals surface area contributed by atoms with Crippen LogP contribution in [0.25, 0.3) is 0 Å². The average Bonchev–Trinajstić information content (AvgIpc) is 2.04. The fourth-order valence-electron chi connectivity index (χ4n) is 0.470. The molecule has 4 heteroatoms. The highest BCUT2D eigenvalue weighted by Gasteiger charge is 1.93. The molecule has 2 N–H and O–H groups in total. The normalized spacial score (nSPS) is 10.7. The standard InChI is InChI=1S/C6H13NO2S/c1-9-3-2-4-10-5-6(7)8/h2-5H2,1H3,(H2,7,8)/i/hD. The molecule has 0 aliphatic carbocycles. The van der Waals surface area contributed by atoms with Crippen molar-refractivity contribution < 1.29 is 10.9 Å². The highest BCUT2D eigenvalue weighted by molar-refractivity contribution is 7.99. The van der Waals surface area contributed by atoms with Gasteiger partial charge in [0.1, 0.15) is 0 Å². The van der Waals surface area contributed by atoms with Gasteiger partial charge in [-0.15, -0.1) is 0 Å². The van der Waals surface area contributed by atoms with Crippen molar-refractivity contribution >= 4 is 17.7 Å². The third-order valence-electron chi connectivity index (χ3n) is 0.870. The zero-order chi connectivity index (χ0) is 8.53. The first-order chi connectivity index (χ1) is 5.31. The van der Waals surface area contributed by atoms with E-state index < -0.39 is 0 Å². The smallest absolute Gasteiger partial charge is 0.227 e. The number of hydrogen-bond donors (Lipinski definition) is 1. The van der Waals surface area contributed by atoms with Crippen LogP contribution in [0.1, 0.15) is 6.42 Å². The molecule has 0 aliphatic rings. The summed E-state index contributed by atoms with van der Waals surface area (Å²) in [6, 6.07) is 0. The fourth-order valence-corrected chi connectivity index (χ4v) is 1.12. The largest absolute Gasteiger partial charge is 0.385 e. The van der Waals surface area contributed by atoms with Crippen molar-refractivity contribution in [2.45, 2.75) is 6.42 Å². The van der Waals surface area contributed by atoms with Gasteiger partial charge < -0.3 is 10.5 Å². The van der Waals surface area contributed by atoms with Gasteiger partial charge in [0, 0.05) is 13.7 Å². The maximum absolute atomic E-state index is 10.5. The summed E-state index contributed by atoms with van der Waals surface area (Å²) < 4.78 is 11.3. The van der Waals surface area contributed by atoms with Crippen molar-refractivity contribution in [3.8, 4) is 0 Å². The molecule has 1 amide bonds. The number of carbonyl (C=O) groups is 1. The Morgan fingerprint density at radius 2 is 2.70 bits per heavy atom. The number of carbonyl (C=O) groups excluding carboxylic acids is 1. The zero-order valence-corrected chi connectivity index (χ0v) is 6.87. The molecule has 0 unspecified atom stereocenters. The summed E-state index contributed by atoms with van der Waals surface area (Å²) in [5.74, 6) is 1.03. The maximum atomic E-state index is 10.5. The summed E-state index contributed by atoms with van der Waals surface area (Å²) >= 11 is 1.51. The third-order valence-corrected chi connectivity index (χ3v) is 1.91. The van der Waals surface area contributed by atoms with E-state index in [9.17, 15) is 4.79 Å². The Labute approximate surface area is 66.8 Å². The predicted octanol–water partition coefficient (Wildman–Crippen LogP) is 0.241. The molecule has 0 saturated carbocycles. The molecule has 10 heavy (non-hydrogen) atoms. The molecule has 0 heterocycles. The lowest BCUT2D eigenvalue weighted by atomic mass is 10.5. The molecule has 0 saturated heterocycles. The predicted molar refractivity (Wildman–Crippen MR) is 43.0 cm³/mol. The van der Waals surface area contributed by atoms with Crippen molar-refractivity contribution in [1.82, 2.24) is 0 Å². The lowest BCUT2D eigenvalue weighted by Gasteiger charge is -1.96. The molecule has 0 atom stereocenters. The number of amides is 1. The van der Waals surface area contributed by atoms with Crippen LogP contribution in [0.3, 0.4) is 0 Å². The van der Waals surface area contributed by atoms with Crippen LogP contribution in [0, 0.1) is 0 Å². The SMILES string of the molecule is [2H]NC(=O)CSCCCOC. The molecule has 60 valence electrons. The van der Waals surface area contributed by atoms with Crippen molar-refractivity contribution in [2.75, 3.05) is 25.2 Å². The maximum Gasteiger partial charge on any atom is 0.227 e. The number of hydrogen-bond acceptors (Lipinski definition) is 3. The first-order valence-corrected chi connectivity index (χ1v) is 4.24. The van der Waals surface area contributed by atoms with Crippen LogP contribution in [0.2, 0.25) is 1.41 Å². The van der Waals surface area contributed by atoms with Crippen LogP contribution >= 0.6 is 11.8 Å². The fraction of sp³-hybridized carbons (Fsp3) is 0.833. The summed E-state index contributed by atoms with van der Waals surface area (Å²) in [5.41, 5.74) is 1.81. The Morgan fingerprint density at radius 1 is 1.90 bits per heavy atom. The number of primary amides is 1. The van der Waals surface area contributed by atoms with Gasteiger partial charge in [0.05, 0.1) is 5.75 Å². The van der Waals surface area contributed by atoms with Crippen molar-refractivity contribution in [1.29, 1.82) is 0 Å². The van der Waals surface area contributed by atoms with Crippen LogP contribution in [-0.2, 0) is 9.53 Å². The van der Waals surface area contributed by atoms with E-state index in [-0.39, 0.29) is 5.91 Å². The van der Waals surface area contributed by atoms with E-state index in [2.05, 4.69) is 0 Å². The number of methoxy groups -OCH3 is 1. The average molecular weight is 164 g/mol. The molecular weight excluding hydrogens is 150 g/mol. The number of rotatable bonds is 6. The Bertz CT molecular complexity index is 113. The van der Waals surface area contributed by atoms with Crippen molar-refractivity contribution in [2.24, 2.45) is 5.73 Å². The lowest BCUT2D eigenvalue weighted by Crippen LogP contribution is -2.13. The molecule has 0 radical (unpaired) electrons. The van der Waals surface area contributed by atoms with Crippen LogP contribution in [0.5, 0.6) is 0 Å².